The van der Waals surface area contributed by atoms with Crippen LogP contribution in [0.25, 0.3) is 0 Å². The molecule has 0 radical (unpaired) electrons. The van der Waals surface area contributed by atoms with Gasteiger partial charge in [0, 0.05) is 25.1 Å². The van der Waals surface area contributed by atoms with E-state index >= 15 is 0 Å². The molecule has 2 rings (SSSR count). The van der Waals surface area contributed by atoms with Gasteiger partial charge in [0.15, 0.2) is 0 Å². The maximum absolute atomic E-state index is 6.33. The maximum Gasteiger partial charge on any atom is 0.0847 e. The molecule has 0 bridgehead atoms. The SMILES string of the molecule is CCn1nc(C)c(Cl)c1CC1(CN)CCOC1. The van der Waals surface area contributed by atoms with E-state index in [1.807, 2.05) is 11.6 Å². The molecule has 96 valence electrons. The Bertz CT molecular complexity index is 397. The summed E-state index contributed by atoms with van der Waals surface area (Å²) in [6, 6.07) is 0. The second-order valence-corrected chi connectivity index (χ2v) is 5.22. The molecule has 0 amide bonds. The van der Waals surface area contributed by atoms with E-state index in [1.165, 1.54) is 0 Å². The lowest BCUT2D eigenvalue weighted by molar-refractivity contribution is 0.153. The fourth-order valence-electron chi connectivity index (χ4n) is 2.42. The summed E-state index contributed by atoms with van der Waals surface area (Å²) < 4.78 is 7.47. The highest BCUT2D eigenvalue weighted by atomic mass is 35.5. The molecule has 2 heterocycles. The van der Waals surface area contributed by atoms with Crippen molar-refractivity contribution in [1.29, 1.82) is 0 Å². The van der Waals surface area contributed by atoms with Crippen molar-refractivity contribution >= 4 is 11.6 Å². The van der Waals surface area contributed by atoms with Crippen molar-refractivity contribution < 1.29 is 4.74 Å². The van der Waals surface area contributed by atoms with Crippen LogP contribution in [0.4, 0.5) is 0 Å². The quantitative estimate of drug-likeness (QED) is 0.895. The first kappa shape index (κ1) is 12.9. The van der Waals surface area contributed by atoms with Crippen molar-refractivity contribution in [3.05, 3.63) is 16.4 Å². The lowest BCUT2D eigenvalue weighted by Crippen LogP contribution is -2.34. The minimum atomic E-state index is 0.0447. The van der Waals surface area contributed by atoms with E-state index in [0.29, 0.717) is 6.54 Å². The highest BCUT2D eigenvalue weighted by Crippen LogP contribution is 2.34. The van der Waals surface area contributed by atoms with Crippen LogP contribution in [0.3, 0.4) is 0 Å². The van der Waals surface area contributed by atoms with Gasteiger partial charge in [-0.3, -0.25) is 4.68 Å². The summed E-state index contributed by atoms with van der Waals surface area (Å²) in [5.41, 5.74) is 7.95. The van der Waals surface area contributed by atoms with Gasteiger partial charge in [-0.2, -0.15) is 5.10 Å². The number of nitrogens with zero attached hydrogens (tertiary/aromatic N) is 2. The third-order valence-corrected chi connectivity index (χ3v) is 4.10. The van der Waals surface area contributed by atoms with Crippen LogP contribution in [0.5, 0.6) is 0 Å². The van der Waals surface area contributed by atoms with Crippen LogP contribution in [0.15, 0.2) is 0 Å². The number of aromatic nitrogens is 2. The maximum atomic E-state index is 6.33. The summed E-state index contributed by atoms with van der Waals surface area (Å²) in [5, 5.41) is 5.22. The van der Waals surface area contributed by atoms with Crippen molar-refractivity contribution in [2.24, 2.45) is 11.1 Å². The lowest BCUT2D eigenvalue weighted by atomic mass is 9.82. The largest absolute Gasteiger partial charge is 0.381 e. The molecular formula is C12H20ClN3O. The minimum Gasteiger partial charge on any atom is -0.381 e. The Balaban J connectivity index is 2.28. The normalized spacial score (nSPS) is 24.5. The number of hydrogen-bond donors (Lipinski definition) is 1. The van der Waals surface area contributed by atoms with Gasteiger partial charge in [-0.25, -0.2) is 0 Å². The molecule has 1 atom stereocenters. The molecule has 2 N–H and O–H groups in total. The summed E-state index contributed by atoms with van der Waals surface area (Å²) >= 11 is 6.33. The Hall–Kier alpha value is -0.580. The Morgan fingerprint density at radius 1 is 1.59 bits per heavy atom. The number of rotatable bonds is 4. The molecule has 0 spiro atoms. The molecule has 0 saturated carbocycles. The fourth-order valence-corrected chi connectivity index (χ4v) is 2.62. The van der Waals surface area contributed by atoms with Crippen molar-refractivity contribution in [3.8, 4) is 0 Å². The van der Waals surface area contributed by atoms with E-state index in [0.717, 1.165) is 49.0 Å². The zero-order valence-corrected chi connectivity index (χ0v) is 11.3. The number of hydrogen-bond acceptors (Lipinski definition) is 3. The fraction of sp³-hybridized carbons (Fsp3) is 0.750. The van der Waals surface area contributed by atoms with Crippen molar-refractivity contribution in [1.82, 2.24) is 9.78 Å². The van der Waals surface area contributed by atoms with Gasteiger partial charge >= 0.3 is 0 Å². The Labute approximate surface area is 107 Å². The van der Waals surface area contributed by atoms with Gasteiger partial charge in [0.05, 0.1) is 23.0 Å². The summed E-state index contributed by atoms with van der Waals surface area (Å²) in [4.78, 5) is 0. The Morgan fingerprint density at radius 2 is 2.35 bits per heavy atom. The summed E-state index contributed by atoms with van der Waals surface area (Å²) in [5.74, 6) is 0. The Kier molecular flexibility index (Phi) is 3.76. The smallest absolute Gasteiger partial charge is 0.0847 e. The Morgan fingerprint density at radius 3 is 2.88 bits per heavy atom. The van der Waals surface area contributed by atoms with Crippen LogP contribution < -0.4 is 5.73 Å². The summed E-state index contributed by atoms with van der Waals surface area (Å²) in [7, 11) is 0. The van der Waals surface area contributed by atoms with Gasteiger partial charge in [-0.05, 0) is 26.7 Å². The zero-order valence-electron chi connectivity index (χ0n) is 10.5. The van der Waals surface area contributed by atoms with E-state index in [-0.39, 0.29) is 5.41 Å². The molecule has 1 saturated heterocycles. The molecule has 1 aromatic heterocycles. The van der Waals surface area contributed by atoms with E-state index in [2.05, 4.69) is 12.0 Å². The van der Waals surface area contributed by atoms with E-state index in [4.69, 9.17) is 22.1 Å². The molecule has 0 aromatic carbocycles. The second kappa shape index (κ2) is 4.96. The highest BCUT2D eigenvalue weighted by molar-refractivity contribution is 6.31. The standard InChI is InChI=1S/C12H20ClN3O/c1-3-16-10(11(13)9(2)15-16)6-12(7-14)4-5-17-8-12/h3-8,14H2,1-2H3. The van der Waals surface area contributed by atoms with Gasteiger partial charge in [0.1, 0.15) is 0 Å². The predicted molar refractivity (Wildman–Crippen MR) is 68.3 cm³/mol. The third kappa shape index (κ3) is 2.34. The second-order valence-electron chi connectivity index (χ2n) is 4.85. The third-order valence-electron chi connectivity index (χ3n) is 3.61. The first-order valence-corrected chi connectivity index (χ1v) is 6.49. The predicted octanol–water partition coefficient (Wildman–Crippen LogP) is 1.77. The molecule has 1 fully saturated rings. The molecule has 1 aliphatic heterocycles. The first-order chi connectivity index (χ1) is 8.12. The molecule has 1 aliphatic rings. The van der Waals surface area contributed by atoms with Gasteiger partial charge in [-0.15, -0.1) is 0 Å². The molecule has 1 aromatic rings. The van der Waals surface area contributed by atoms with Crippen molar-refractivity contribution in [2.45, 2.75) is 33.2 Å². The van der Waals surface area contributed by atoms with E-state index in [1.54, 1.807) is 0 Å². The molecule has 4 nitrogen and oxygen atoms in total. The number of nitrogens with two attached hydrogens (primary N) is 1. The van der Waals surface area contributed by atoms with Crippen molar-refractivity contribution in [2.75, 3.05) is 19.8 Å². The van der Waals surface area contributed by atoms with Crippen LogP contribution >= 0.6 is 11.6 Å². The van der Waals surface area contributed by atoms with Crippen LogP contribution in [0.2, 0.25) is 5.02 Å². The molecule has 1 unspecified atom stereocenters. The topological polar surface area (TPSA) is 53.1 Å². The molecule has 5 heteroatoms. The zero-order chi connectivity index (χ0) is 12.5. The van der Waals surface area contributed by atoms with Gasteiger partial charge in [0.2, 0.25) is 0 Å². The molecule has 17 heavy (non-hydrogen) atoms. The van der Waals surface area contributed by atoms with Gasteiger partial charge in [-0.1, -0.05) is 11.6 Å². The number of halogens is 1. The van der Waals surface area contributed by atoms with E-state index in [9.17, 15) is 0 Å². The summed E-state index contributed by atoms with van der Waals surface area (Å²) in [6.07, 6.45) is 1.87. The molecular weight excluding hydrogens is 238 g/mol. The van der Waals surface area contributed by atoms with Gasteiger partial charge < -0.3 is 10.5 Å². The van der Waals surface area contributed by atoms with Crippen LogP contribution in [-0.2, 0) is 17.7 Å². The minimum absolute atomic E-state index is 0.0447. The van der Waals surface area contributed by atoms with Gasteiger partial charge in [0.25, 0.3) is 0 Å². The first-order valence-electron chi connectivity index (χ1n) is 6.11. The number of ether oxygens (including phenoxy) is 1. The lowest BCUT2D eigenvalue weighted by Gasteiger charge is -2.25. The van der Waals surface area contributed by atoms with Crippen LogP contribution in [-0.4, -0.2) is 29.5 Å². The number of aryl methyl sites for hydroxylation is 2. The van der Waals surface area contributed by atoms with Crippen molar-refractivity contribution in [3.63, 3.8) is 0 Å². The average molecular weight is 258 g/mol. The molecule has 0 aliphatic carbocycles. The monoisotopic (exact) mass is 257 g/mol. The van der Waals surface area contributed by atoms with Crippen LogP contribution in [0.1, 0.15) is 24.7 Å². The average Bonchev–Trinajstić information content (AvgIpc) is 2.90. The van der Waals surface area contributed by atoms with E-state index < -0.39 is 0 Å². The van der Waals surface area contributed by atoms with Crippen LogP contribution in [0, 0.1) is 12.3 Å². The highest BCUT2D eigenvalue weighted by Gasteiger charge is 2.35. The summed E-state index contributed by atoms with van der Waals surface area (Å²) in [6.45, 7) is 7.02.